The second-order valence-corrected chi connectivity index (χ2v) is 8.17. The van der Waals surface area contributed by atoms with Crippen LogP contribution in [0.4, 0.5) is 22.2 Å². The van der Waals surface area contributed by atoms with Gasteiger partial charge in [0.25, 0.3) is 11.6 Å². The van der Waals surface area contributed by atoms with Crippen LogP contribution in [0.15, 0.2) is 58.5 Å². The van der Waals surface area contributed by atoms with Gasteiger partial charge in [-0.3, -0.25) is 14.9 Å². The van der Waals surface area contributed by atoms with Crippen LogP contribution in [0, 0.1) is 17.0 Å². The normalized spacial score (nSPS) is 14.8. The van der Waals surface area contributed by atoms with Crippen molar-refractivity contribution in [3.8, 4) is 0 Å². The Labute approximate surface area is 188 Å². The molecule has 0 saturated heterocycles. The number of benzene rings is 2. The van der Waals surface area contributed by atoms with E-state index in [1.807, 2.05) is 12.1 Å². The third-order valence-electron chi connectivity index (χ3n) is 4.60. The highest BCUT2D eigenvalue weighted by Crippen LogP contribution is 2.30. The SMILES string of the molecule is Cc1cc(=Nc2ccc(Cl)cc2[N+](=O)[O-])n2nc(/N=C3\C(=O)Nc4ccccc43)sc2n1. The van der Waals surface area contributed by atoms with E-state index in [1.54, 1.807) is 25.1 Å². The summed E-state index contributed by atoms with van der Waals surface area (Å²) >= 11 is 7.07. The van der Waals surface area contributed by atoms with Crippen molar-refractivity contribution in [2.75, 3.05) is 5.32 Å². The first-order chi connectivity index (χ1) is 15.4. The quantitative estimate of drug-likeness (QED) is 0.361. The molecule has 32 heavy (non-hydrogen) atoms. The lowest BCUT2D eigenvalue weighted by atomic mass is 10.1. The van der Waals surface area contributed by atoms with Gasteiger partial charge in [0.2, 0.25) is 10.1 Å². The number of aryl methyl sites for hydroxylation is 1. The smallest absolute Gasteiger partial charge is 0.296 e. The first kappa shape index (κ1) is 20.0. The van der Waals surface area contributed by atoms with Crippen LogP contribution in [0.5, 0.6) is 0 Å². The van der Waals surface area contributed by atoms with Crippen molar-refractivity contribution in [1.82, 2.24) is 14.6 Å². The number of nitro benzene ring substituents is 1. The fourth-order valence-electron chi connectivity index (χ4n) is 3.22. The fraction of sp³-hybridized carbons (Fsp3) is 0.0500. The molecule has 4 aromatic rings. The van der Waals surface area contributed by atoms with Crippen LogP contribution < -0.4 is 10.8 Å². The average Bonchev–Trinajstić information content (AvgIpc) is 3.30. The van der Waals surface area contributed by atoms with Crippen LogP contribution >= 0.6 is 22.9 Å². The third-order valence-corrected chi connectivity index (χ3v) is 5.64. The molecule has 5 rings (SSSR count). The lowest BCUT2D eigenvalue weighted by Crippen LogP contribution is -2.16. The van der Waals surface area contributed by atoms with Gasteiger partial charge in [-0.05, 0) is 25.1 Å². The zero-order valence-electron chi connectivity index (χ0n) is 16.3. The first-order valence-electron chi connectivity index (χ1n) is 9.25. The molecule has 2 aromatic heterocycles. The van der Waals surface area contributed by atoms with Crippen LogP contribution in [0.25, 0.3) is 4.96 Å². The van der Waals surface area contributed by atoms with E-state index in [2.05, 4.69) is 25.4 Å². The number of hydrogen-bond acceptors (Lipinski definition) is 8. The lowest BCUT2D eigenvalue weighted by molar-refractivity contribution is -0.384. The fourth-order valence-corrected chi connectivity index (χ4v) is 4.22. The first-order valence-corrected chi connectivity index (χ1v) is 10.4. The van der Waals surface area contributed by atoms with Crippen molar-refractivity contribution in [3.05, 3.63) is 80.4 Å². The van der Waals surface area contributed by atoms with E-state index in [0.29, 0.717) is 32.5 Å². The largest absolute Gasteiger partial charge is 0.320 e. The second-order valence-electron chi connectivity index (χ2n) is 6.80. The molecule has 2 aromatic carbocycles. The maximum absolute atomic E-state index is 12.4. The molecule has 1 N–H and O–H groups in total. The number of amides is 1. The van der Waals surface area contributed by atoms with Gasteiger partial charge in [-0.2, -0.15) is 4.52 Å². The van der Waals surface area contributed by atoms with Gasteiger partial charge < -0.3 is 5.32 Å². The minimum atomic E-state index is -0.546. The Morgan fingerprint density at radius 1 is 1.19 bits per heavy atom. The van der Waals surface area contributed by atoms with Crippen molar-refractivity contribution >= 4 is 61.7 Å². The number of carbonyl (C=O) groups is 1. The Morgan fingerprint density at radius 3 is 2.81 bits per heavy atom. The Balaban J connectivity index is 1.68. The maximum Gasteiger partial charge on any atom is 0.296 e. The highest BCUT2D eigenvalue weighted by molar-refractivity contribution is 7.20. The standard InChI is InChI=1S/C20H12ClN7O3S/c1-10-8-16(23-14-7-6-11(21)9-15(14)28(30)31)27-20(22-10)32-19(26-27)25-17-12-4-2-3-5-13(12)24-18(17)29/h2-9H,1H3,(H,24,25,26,29). The number of nitrogens with zero attached hydrogens (tertiary/aromatic N) is 6. The zero-order chi connectivity index (χ0) is 22.4. The van der Waals surface area contributed by atoms with Gasteiger partial charge in [0.1, 0.15) is 11.4 Å². The van der Waals surface area contributed by atoms with E-state index >= 15 is 0 Å². The molecule has 158 valence electrons. The predicted octanol–water partition coefficient (Wildman–Crippen LogP) is 3.97. The Morgan fingerprint density at radius 2 is 2.00 bits per heavy atom. The topological polar surface area (TPSA) is 127 Å². The number of carbonyl (C=O) groups excluding carboxylic acids is 1. The monoisotopic (exact) mass is 465 g/mol. The van der Waals surface area contributed by atoms with Crippen LogP contribution in [0.2, 0.25) is 5.02 Å². The van der Waals surface area contributed by atoms with E-state index in [9.17, 15) is 14.9 Å². The van der Waals surface area contributed by atoms with Crippen molar-refractivity contribution in [3.63, 3.8) is 0 Å². The van der Waals surface area contributed by atoms with Crippen molar-refractivity contribution in [2.45, 2.75) is 6.92 Å². The van der Waals surface area contributed by atoms with Gasteiger partial charge in [-0.15, -0.1) is 5.10 Å². The molecule has 12 heteroatoms. The molecule has 1 aliphatic heterocycles. The molecule has 3 heterocycles. The molecule has 10 nitrogen and oxygen atoms in total. The molecule has 0 spiro atoms. The summed E-state index contributed by atoms with van der Waals surface area (Å²) in [6.07, 6.45) is 0. The van der Waals surface area contributed by atoms with Crippen LogP contribution in [0.3, 0.4) is 0 Å². The van der Waals surface area contributed by atoms with Crippen molar-refractivity contribution < 1.29 is 9.72 Å². The molecule has 1 aliphatic rings. The molecular formula is C20H12ClN7O3S. The van der Waals surface area contributed by atoms with E-state index in [-0.39, 0.29) is 28.0 Å². The Hall–Kier alpha value is -3.96. The minimum absolute atomic E-state index is 0.128. The van der Waals surface area contributed by atoms with Gasteiger partial charge in [-0.25, -0.2) is 15.0 Å². The van der Waals surface area contributed by atoms with Gasteiger partial charge in [0.05, 0.1) is 10.6 Å². The molecule has 0 aliphatic carbocycles. The molecule has 0 radical (unpaired) electrons. The summed E-state index contributed by atoms with van der Waals surface area (Å²) in [6.45, 7) is 1.78. The van der Waals surface area contributed by atoms with Gasteiger partial charge in [0, 0.05) is 28.4 Å². The van der Waals surface area contributed by atoms with Crippen molar-refractivity contribution in [2.24, 2.45) is 9.98 Å². The summed E-state index contributed by atoms with van der Waals surface area (Å²) in [5.41, 5.74) is 2.50. The highest BCUT2D eigenvalue weighted by Gasteiger charge is 2.26. The molecule has 0 fully saturated rings. The minimum Gasteiger partial charge on any atom is -0.320 e. The van der Waals surface area contributed by atoms with E-state index < -0.39 is 4.92 Å². The van der Waals surface area contributed by atoms with Gasteiger partial charge in [-0.1, -0.05) is 41.1 Å². The molecule has 0 atom stereocenters. The number of hydrogen-bond donors (Lipinski definition) is 1. The van der Waals surface area contributed by atoms with Crippen LogP contribution in [0.1, 0.15) is 11.3 Å². The Bertz CT molecular complexity index is 1540. The summed E-state index contributed by atoms with van der Waals surface area (Å²) in [7, 11) is 0. The van der Waals surface area contributed by atoms with Gasteiger partial charge in [0.15, 0.2) is 5.49 Å². The number of nitro groups is 1. The number of rotatable bonds is 3. The van der Waals surface area contributed by atoms with Gasteiger partial charge >= 0.3 is 0 Å². The molecule has 0 saturated carbocycles. The highest BCUT2D eigenvalue weighted by atomic mass is 35.5. The van der Waals surface area contributed by atoms with E-state index in [4.69, 9.17) is 11.6 Å². The zero-order valence-corrected chi connectivity index (χ0v) is 17.9. The summed E-state index contributed by atoms with van der Waals surface area (Å²) in [5.74, 6) is -0.318. The molecule has 0 bridgehead atoms. The van der Waals surface area contributed by atoms with E-state index in [1.165, 1.54) is 34.1 Å². The summed E-state index contributed by atoms with van der Waals surface area (Å²) in [4.78, 5) is 37.0. The second kappa shape index (κ2) is 7.62. The summed E-state index contributed by atoms with van der Waals surface area (Å²) in [5, 5.41) is 19.2. The summed E-state index contributed by atoms with van der Waals surface area (Å²) in [6, 6.07) is 13.1. The average molecular weight is 466 g/mol. The summed E-state index contributed by atoms with van der Waals surface area (Å²) < 4.78 is 1.44. The molecular weight excluding hydrogens is 454 g/mol. The number of halogens is 1. The lowest BCUT2D eigenvalue weighted by Gasteiger charge is -1.99. The number of fused-ring (bicyclic) bond motifs is 2. The number of aliphatic imine (C=N–C) groups is 1. The predicted molar refractivity (Wildman–Crippen MR) is 120 cm³/mol. The maximum atomic E-state index is 12.4. The number of aromatic nitrogens is 3. The van der Waals surface area contributed by atoms with E-state index in [0.717, 1.165) is 0 Å². The Kier molecular flexibility index (Phi) is 4.76. The van der Waals surface area contributed by atoms with Crippen LogP contribution in [-0.2, 0) is 4.79 Å². The molecule has 1 amide bonds. The number of nitrogens with one attached hydrogen (secondary N) is 1. The number of anilines is 1. The van der Waals surface area contributed by atoms with Crippen molar-refractivity contribution in [1.29, 1.82) is 0 Å². The number of para-hydroxylation sites is 1. The van der Waals surface area contributed by atoms with Crippen LogP contribution in [-0.4, -0.2) is 31.1 Å². The molecule has 0 unspecified atom stereocenters. The third kappa shape index (κ3) is 3.53.